The van der Waals surface area contributed by atoms with Crippen molar-refractivity contribution in [1.82, 2.24) is 20.2 Å². The maximum Gasteiger partial charge on any atom is 0.256 e. The van der Waals surface area contributed by atoms with E-state index in [9.17, 15) is 4.79 Å². The minimum absolute atomic E-state index is 0.0898. The molecule has 1 amide bonds. The van der Waals surface area contributed by atoms with Gasteiger partial charge in [-0.05, 0) is 43.0 Å². The van der Waals surface area contributed by atoms with E-state index in [0.717, 1.165) is 52.2 Å². The van der Waals surface area contributed by atoms with E-state index in [0.29, 0.717) is 26.2 Å². The van der Waals surface area contributed by atoms with Gasteiger partial charge in [-0.15, -0.1) is 0 Å². The summed E-state index contributed by atoms with van der Waals surface area (Å²) < 4.78 is 5.44. The lowest BCUT2D eigenvalue weighted by Gasteiger charge is -2.30. The molecular weight excluding hydrogens is 378 g/mol. The maximum absolute atomic E-state index is 13.0. The Kier molecular flexibility index (Phi) is 5.90. The molecule has 0 bridgehead atoms. The number of amides is 1. The van der Waals surface area contributed by atoms with Gasteiger partial charge in [0, 0.05) is 62.6 Å². The van der Waals surface area contributed by atoms with E-state index in [1.54, 1.807) is 13.2 Å². The van der Waals surface area contributed by atoms with Crippen LogP contribution in [0, 0.1) is 12.3 Å². The largest absolute Gasteiger partial charge is 0.393 e. The molecule has 4 heterocycles. The zero-order valence-electron chi connectivity index (χ0n) is 17.4. The molecule has 1 saturated heterocycles. The molecule has 0 atom stereocenters. The fourth-order valence-electron chi connectivity index (χ4n) is 4.13. The number of carbonyl (C=O) groups is 1. The summed E-state index contributed by atoms with van der Waals surface area (Å²) in [4.78, 5) is 24.2. The molecule has 0 unspecified atom stereocenters. The zero-order valence-corrected chi connectivity index (χ0v) is 17.4. The highest BCUT2D eigenvalue weighted by Gasteiger charge is 2.35. The number of rotatable bonds is 6. The molecule has 2 aromatic heterocycles. The molecule has 30 heavy (non-hydrogen) atoms. The zero-order chi connectivity index (χ0) is 21.1. The van der Waals surface area contributed by atoms with Crippen LogP contribution < -0.4 is 5.32 Å². The number of pyridine rings is 2. The Morgan fingerprint density at radius 3 is 2.83 bits per heavy atom. The third-order valence-corrected chi connectivity index (χ3v) is 5.81. The van der Waals surface area contributed by atoms with Gasteiger partial charge in [0.05, 0.1) is 23.5 Å². The number of aromatic nitrogens is 2. The predicted molar refractivity (Wildman–Crippen MR) is 116 cm³/mol. The predicted octanol–water partition coefficient (Wildman–Crippen LogP) is 2.72. The van der Waals surface area contributed by atoms with Crippen molar-refractivity contribution < 1.29 is 9.53 Å². The fraction of sp³-hybridized carbons (Fsp3) is 0.391. The number of carbonyl (C=O) groups excluding carboxylic acids is 1. The summed E-state index contributed by atoms with van der Waals surface area (Å²) in [6, 6.07) is 6.18. The van der Waals surface area contributed by atoms with Gasteiger partial charge in [0.2, 0.25) is 0 Å². The van der Waals surface area contributed by atoms with Gasteiger partial charge >= 0.3 is 0 Å². The first-order valence-corrected chi connectivity index (χ1v) is 10.3. The van der Waals surface area contributed by atoms with Crippen LogP contribution in [0.15, 0.2) is 30.6 Å². The number of nitrogens with one attached hydrogen (secondary N) is 2. The second-order valence-electron chi connectivity index (χ2n) is 7.76. The van der Waals surface area contributed by atoms with Gasteiger partial charge < -0.3 is 20.4 Å². The molecule has 2 aromatic rings. The molecule has 1 fully saturated rings. The summed E-state index contributed by atoms with van der Waals surface area (Å²) in [5.74, 6) is 0.0898. The van der Waals surface area contributed by atoms with Crippen LogP contribution in [-0.2, 0) is 17.7 Å². The average Bonchev–Trinajstić information content (AvgIpc) is 3.09. The Balaban J connectivity index is 1.53. The van der Waals surface area contributed by atoms with E-state index in [4.69, 9.17) is 15.1 Å². The fourth-order valence-corrected chi connectivity index (χ4v) is 4.13. The smallest absolute Gasteiger partial charge is 0.256 e. The highest BCUT2D eigenvalue weighted by atomic mass is 16.5. The van der Waals surface area contributed by atoms with E-state index in [-0.39, 0.29) is 11.9 Å². The number of hydrogen-bond donors (Lipinski definition) is 2. The first-order chi connectivity index (χ1) is 14.6. The van der Waals surface area contributed by atoms with Crippen LogP contribution in [0.5, 0.6) is 0 Å². The van der Waals surface area contributed by atoms with Gasteiger partial charge in [-0.1, -0.05) is 6.07 Å². The second kappa shape index (κ2) is 8.75. The summed E-state index contributed by atoms with van der Waals surface area (Å²) in [5.41, 5.74) is 6.12. The summed E-state index contributed by atoms with van der Waals surface area (Å²) in [7, 11) is 1.80. The number of hydrogen-bond acceptors (Lipinski definition) is 6. The van der Waals surface area contributed by atoms with E-state index in [2.05, 4.69) is 10.3 Å². The van der Waals surface area contributed by atoms with Gasteiger partial charge in [0.1, 0.15) is 0 Å². The van der Waals surface area contributed by atoms with Crippen molar-refractivity contribution in [2.24, 2.45) is 0 Å². The van der Waals surface area contributed by atoms with Crippen LogP contribution in [0.1, 0.15) is 51.4 Å². The summed E-state index contributed by atoms with van der Waals surface area (Å²) in [5, 5.41) is 10.4. The van der Waals surface area contributed by atoms with Gasteiger partial charge in [0.15, 0.2) is 0 Å². The van der Waals surface area contributed by atoms with Crippen LogP contribution >= 0.6 is 0 Å². The van der Waals surface area contributed by atoms with E-state index < -0.39 is 0 Å². The SMILES string of the molecule is CN/C=C(\C=N)c1ccc(Cc2cc3c(nc2C)CN(C2CCOCC2)C3=O)cn1. The molecule has 156 valence electrons. The first kappa shape index (κ1) is 20.2. The Morgan fingerprint density at radius 1 is 1.37 bits per heavy atom. The Morgan fingerprint density at radius 2 is 2.17 bits per heavy atom. The number of fused-ring (bicyclic) bond motifs is 1. The van der Waals surface area contributed by atoms with Crippen LogP contribution in [0.25, 0.3) is 5.57 Å². The minimum Gasteiger partial charge on any atom is -0.393 e. The van der Waals surface area contributed by atoms with Gasteiger partial charge in [0.25, 0.3) is 5.91 Å². The van der Waals surface area contributed by atoms with Crippen LogP contribution in [0.2, 0.25) is 0 Å². The quantitative estimate of drug-likeness (QED) is 0.721. The average molecular weight is 406 g/mol. The van der Waals surface area contributed by atoms with Crippen LogP contribution in [0.3, 0.4) is 0 Å². The van der Waals surface area contributed by atoms with Crippen molar-refractivity contribution >= 4 is 17.7 Å². The Labute approximate surface area is 176 Å². The van der Waals surface area contributed by atoms with Gasteiger partial charge in [-0.2, -0.15) is 0 Å². The first-order valence-electron chi connectivity index (χ1n) is 10.3. The lowest BCUT2D eigenvalue weighted by Crippen LogP contribution is -2.39. The molecule has 0 radical (unpaired) electrons. The van der Waals surface area contributed by atoms with E-state index >= 15 is 0 Å². The highest BCUT2D eigenvalue weighted by molar-refractivity contribution is 6.07. The molecule has 2 aliphatic heterocycles. The lowest BCUT2D eigenvalue weighted by molar-refractivity contribution is 0.0302. The molecular formula is C23H27N5O2. The number of ether oxygens (including phenoxy) is 1. The Bertz CT molecular complexity index is 978. The molecule has 0 aliphatic carbocycles. The maximum atomic E-state index is 13.0. The third-order valence-electron chi connectivity index (χ3n) is 5.81. The minimum atomic E-state index is 0.0898. The van der Waals surface area contributed by atoms with Crippen molar-refractivity contribution in [2.75, 3.05) is 20.3 Å². The molecule has 7 heteroatoms. The number of allylic oxidation sites excluding steroid dienone is 1. The van der Waals surface area contributed by atoms with Gasteiger partial charge in [-0.3, -0.25) is 14.8 Å². The molecule has 4 rings (SSSR count). The van der Waals surface area contributed by atoms with Crippen molar-refractivity contribution in [2.45, 2.75) is 38.8 Å². The molecule has 0 spiro atoms. The monoisotopic (exact) mass is 405 g/mol. The lowest BCUT2D eigenvalue weighted by atomic mass is 10.0. The Hall–Kier alpha value is -3.06. The van der Waals surface area contributed by atoms with Crippen molar-refractivity contribution in [3.8, 4) is 0 Å². The highest BCUT2D eigenvalue weighted by Crippen LogP contribution is 2.29. The van der Waals surface area contributed by atoms with Crippen molar-refractivity contribution in [1.29, 1.82) is 5.41 Å². The topological polar surface area (TPSA) is 91.2 Å². The third kappa shape index (κ3) is 3.98. The molecule has 2 N–H and O–H groups in total. The molecule has 7 nitrogen and oxygen atoms in total. The summed E-state index contributed by atoms with van der Waals surface area (Å²) in [6.45, 7) is 4.03. The summed E-state index contributed by atoms with van der Waals surface area (Å²) in [6.07, 6.45) is 7.31. The number of nitrogens with zero attached hydrogens (tertiary/aromatic N) is 3. The van der Waals surface area contributed by atoms with Crippen LogP contribution in [-0.4, -0.2) is 53.3 Å². The van der Waals surface area contributed by atoms with E-state index in [1.165, 1.54) is 6.21 Å². The van der Waals surface area contributed by atoms with Crippen molar-refractivity contribution in [3.63, 3.8) is 0 Å². The normalized spacial score (nSPS) is 17.2. The van der Waals surface area contributed by atoms with Gasteiger partial charge in [-0.25, -0.2) is 0 Å². The number of aryl methyl sites for hydroxylation is 1. The van der Waals surface area contributed by atoms with E-state index in [1.807, 2.05) is 36.2 Å². The van der Waals surface area contributed by atoms with Crippen molar-refractivity contribution in [3.05, 3.63) is 64.4 Å². The molecule has 0 saturated carbocycles. The molecule has 2 aliphatic rings. The summed E-state index contributed by atoms with van der Waals surface area (Å²) >= 11 is 0. The molecule has 0 aromatic carbocycles. The second-order valence-corrected chi connectivity index (χ2v) is 7.76. The standard InChI is InChI=1S/C23H27N5O2/c1-15-17(9-16-3-4-21(26-12-16)18(11-24)13-25-2)10-20-22(27-15)14-28(23(20)29)19-5-7-30-8-6-19/h3-4,10-13,19,24-25H,5-9,14H2,1-2H3/b18-13+,24-11?. The van der Waals surface area contributed by atoms with Crippen LogP contribution in [0.4, 0.5) is 0 Å².